The highest BCUT2D eigenvalue weighted by Gasteiger charge is 2.26. The molecule has 2 aromatic rings. The Morgan fingerprint density at radius 1 is 1.05 bits per heavy atom. The van der Waals surface area contributed by atoms with E-state index >= 15 is 0 Å². The quantitative estimate of drug-likeness (QED) is 0.367. The summed E-state index contributed by atoms with van der Waals surface area (Å²) in [6.07, 6.45) is 5.82. The Kier molecular flexibility index (Phi) is 11.3. The molecule has 2 aromatic heterocycles. The van der Waals surface area contributed by atoms with Crippen molar-refractivity contribution in [3.63, 3.8) is 0 Å². The van der Waals surface area contributed by atoms with Gasteiger partial charge in [0, 0.05) is 24.0 Å². The van der Waals surface area contributed by atoms with Gasteiger partial charge in [0.05, 0.1) is 58.4 Å². The fourth-order valence-corrected chi connectivity index (χ4v) is 3.92. The van der Waals surface area contributed by atoms with Crippen molar-refractivity contribution >= 4 is 12.0 Å². The molecule has 0 aliphatic heterocycles. The Balaban J connectivity index is 1.24. The third kappa shape index (κ3) is 10.1. The third-order valence-electron chi connectivity index (χ3n) is 5.57. The minimum atomic E-state index is -0.512. The summed E-state index contributed by atoms with van der Waals surface area (Å²) in [7, 11) is 0. The molecule has 0 saturated carbocycles. The van der Waals surface area contributed by atoms with Gasteiger partial charge in [-0.2, -0.15) is 5.10 Å². The SMILES string of the molecule is CC(C)(C)OC(=O)NCCOCCOCCOCCn1ncc2c1CCCC2NC(=O)c1ccccn1. The van der Waals surface area contributed by atoms with Crippen LogP contribution >= 0.6 is 0 Å². The van der Waals surface area contributed by atoms with Crippen LogP contribution in [0.5, 0.6) is 0 Å². The number of hydrogen-bond acceptors (Lipinski definition) is 8. The number of rotatable bonds is 14. The lowest BCUT2D eigenvalue weighted by Gasteiger charge is -2.24. The van der Waals surface area contributed by atoms with Crippen molar-refractivity contribution in [1.29, 1.82) is 0 Å². The summed E-state index contributed by atoms with van der Waals surface area (Å²) in [4.78, 5) is 28.2. The highest BCUT2D eigenvalue weighted by molar-refractivity contribution is 5.92. The standard InChI is InChI=1S/C26H39N5O6/c1-26(2,3)37-25(33)28-11-13-34-15-17-36-18-16-35-14-12-31-23-9-6-8-21(20(23)19-29-31)30-24(32)22-7-4-5-10-27-22/h4-5,7,10,19,21H,6,8-9,11-18H2,1-3H3,(H,28,33)(H,30,32). The van der Waals surface area contributed by atoms with Gasteiger partial charge in [-0.1, -0.05) is 6.07 Å². The van der Waals surface area contributed by atoms with Crippen LogP contribution in [0.25, 0.3) is 0 Å². The van der Waals surface area contributed by atoms with E-state index in [0.717, 1.165) is 30.5 Å². The second-order valence-corrected chi connectivity index (χ2v) is 9.67. The maximum Gasteiger partial charge on any atom is 0.407 e. The van der Waals surface area contributed by atoms with Crippen LogP contribution in [0.4, 0.5) is 4.79 Å². The molecule has 11 heteroatoms. The van der Waals surface area contributed by atoms with Crippen molar-refractivity contribution in [1.82, 2.24) is 25.4 Å². The number of aromatic nitrogens is 3. The number of pyridine rings is 1. The van der Waals surface area contributed by atoms with E-state index in [2.05, 4.69) is 20.7 Å². The summed E-state index contributed by atoms with van der Waals surface area (Å²) >= 11 is 0. The lowest BCUT2D eigenvalue weighted by atomic mass is 9.93. The van der Waals surface area contributed by atoms with Gasteiger partial charge >= 0.3 is 6.09 Å². The van der Waals surface area contributed by atoms with Crippen LogP contribution < -0.4 is 10.6 Å². The molecule has 3 rings (SSSR count). The molecule has 1 atom stereocenters. The zero-order valence-corrected chi connectivity index (χ0v) is 22.0. The van der Waals surface area contributed by atoms with Crippen LogP contribution in [0.15, 0.2) is 30.6 Å². The lowest BCUT2D eigenvalue weighted by molar-refractivity contribution is 0.0122. The molecule has 0 bridgehead atoms. The molecule has 0 spiro atoms. The first-order chi connectivity index (χ1) is 17.8. The number of hydrogen-bond donors (Lipinski definition) is 2. The molecule has 0 aromatic carbocycles. The molecule has 0 fully saturated rings. The second kappa shape index (κ2) is 14.7. The average molecular weight is 518 g/mol. The highest BCUT2D eigenvalue weighted by atomic mass is 16.6. The Labute approximate surface area is 218 Å². The molecule has 0 saturated heterocycles. The summed E-state index contributed by atoms with van der Waals surface area (Å²) in [5.74, 6) is -0.169. The largest absolute Gasteiger partial charge is 0.444 e. The topological polar surface area (TPSA) is 126 Å². The monoisotopic (exact) mass is 517 g/mol. The van der Waals surface area contributed by atoms with E-state index in [1.807, 2.05) is 31.6 Å². The van der Waals surface area contributed by atoms with Gasteiger partial charge in [0.25, 0.3) is 5.91 Å². The molecule has 2 N–H and O–H groups in total. The third-order valence-corrected chi connectivity index (χ3v) is 5.57. The van der Waals surface area contributed by atoms with E-state index in [0.29, 0.717) is 58.4 Å². The van der Waals surface area contributed by atoms with Gasteiger partial charge in [0.15, 0.2) is 0 Å². The van der Waals surface area contributed by atoms with Crippen molar-refractivity contribution in [3.8, 4) is 0 Å². The fourth-order valence-electron chi connectivity index (χ4n) is 3.92. The number of carbonyl (C=O) groups is 2. The first kappa shape index (κ1) is 28.5. The predicted octanol–water partition coefficient (Wildman–Crippen LogP) is 2.66. The van der Waals surface area contributed by atoms with Gasteiger partial charge in [-0.05, 0) is 52.2 Å². The highest BCUT2D eigenvalue weighted by Crippen LogP contribution is 2.29. The van der Waals surface area contributed by atoms with Crippen LogP contribution in [0.2, 0.25) is 0 Å². The molecule has 0 radical (unpaired) electrons. The zero-order chi connectivity index (χ0) is 26.5. The number of amides is 2. The maximum absolute atomic E-state index is 12.5. The fraction of sp³-hybridized carbons (Fsp3) is 0.615. The summed E-state index contributed by atoms with van der Waals surface area (Å²) in [5.41, 5.74) is 2.12. The van der Waals surface area contributed by atoms with Crippen molar-refractivity contribution in [2.75, 3.05) is 46.2 Å². The summed E-state index contributed by atoms with van der Waals surface area (Å²) in [5, 5.41) is 10.3. The normalized spacial score (nSPS) is 15.2. The Bertz CT molecular complexity index is 976. The van der Waals surface area contributed by atoms with Crippen LogP contribution in [0, 0.1) is 0 Å². The number of nitrogens with zero attached hydrogens (tertiary/aromatic N) is 3. The van der Waals surface area contributed by atoms with Crippen LogP contribution in [0.1, 0.15) is 61.4 Å². The lowest BCUT2D eigenvalue weighted by Crippen LogP contribution is -2.34. The van der Waals surface area contributed by atoms with Crippen molar-refractivity contribution in [2.24, 2.45) is 0 Å². The maximum atomic E-state index is 12.5. The van der Waals surface area contributed by atoms with E-state index in [4.69, 9.17) is 18.9 Å². The van der Waals surface area contributed by atoms with Crippen molar-refractivity contribution in [2.45, 2.75) is 58.2 Å². The number of nitrogens with one attached hydrogen (secondary N) is 2. The first-order valence-corrected chi connectivity index (χ1v) is 12.8. The van der Waals surface area contributed by atoms with Crippen LogP contribution in [0.3, 0.4) is 0 Å². The van der Waals surface area contributed by atoms with Gasteiger partial charge in [-0.25, -0.2) is 4.79 Å². The van der Waals surface area contributed by atoms with E-state index in [1.165, 1.54) is 0 Å². The predicted molar refractivity (Wildman–Crippen MR) is 136 cm³/mol. The number of fused-ring (bicyclic) bond motifs is 1. The Morgan fingerprint density at radius 3 is 2.49 bits per heavy atom. The molecule has 204 valence electrons. The number of carbonyl (C=O) groups excluding carboxylic acids is 2. The molecule has 1 unspecified atom stereocenters. The van der Waals surface area contributed by atoms with Crippen molar-refractivity contribution in [3.05, 3.63) is 47.5 Å². The Hall–Kier alpha value is -3.02. The van der Waals surface area contributed by atoms with Crippen LogP contribution in [-0.4, -0.2) is 78.6 Å². The second-order valence-electron chi connectivity index (χ2n) is 9.67. The molecule has 1 aliphatic carbocycles. The first-order valence-electron chi connectivity index (χ1n) is 12.8. The minimum absolute atomic E-state index is 0.0587. The van der Waals surface area contributed by atoms with Gasteiger partial charge in [0.2, 0.25) is 0 Å². The van der Waals surface area contributed by atoms with Gasteiger partial charge in [-0.3, -0.25) is 14.5 Å². The van der Waals surface area contributed by atoms with Gasteiger partial charge < -0.3 is 29.6 Å². The molecule has 2 amide bonds. The van der Waals surface area contributed by atoms with E-state index in [9.17, 15) is 9.59 Å². The summed E-state index contributed by atoms with van der Waals surface area (Å²) in [6, 6.07) is 5.25. The van der Waals surface area contributed by atoms with Gasteiger partial charge in [0.1, 0.15) is 11.3 Å². The van der Waals surface area contributed by atoms with Gasteiger partial charge in [-0.15, -0.1) is 0 Å². The molecular formula is C26H39N5O6. The molecular weight excluding hydrogens is 478 g/mol. The average Bonchev–Trinajstić information content (AvgIpc) is 3.28. The number of alkyl carbamates (subject to hydrolysis) is 1. The Morgan fingerprint density at radius 2 is 1.78 bits per heavy atom. The summed E-state index contributed by atoms with van der Waals surface area (Å²) < 4.78 is 23.7. The molecule has 37 heavy (non-hydrogen) atoms. The minimum Gasteiger partial charge on any atom is -0.444 e. The zero-order valence-electron chi connectivity index (χ0n) is 22.0. The molecule has 1 aliphatic rings. The molecule has 11 nitrogen and oxygen atoms in total. The van der Waals surface area contributed by atoms with E-state index in [-0.39, 0.29) is 11.9 Å². The number of ether oxygens (including phenoxy) is 4. The van der Waals surface area contributed by atoms with Crippen LogP contribution in [-0.2, 0) is 31.9 Å². The van der Waals surface area contributed by atoms with E-state index < -0.39 is 11.7 Å². The van der Waals surface area contributed by atoms with E-state index in [1.54, 1.807) is 24.4 Å². The summed E-state index contributed by atoms with van der Waals surface area (Å²) in [6.45, 7) is 9.23. The smallest absolute Gasteiger partial charge is 0.407 e. The molecule has 2 heterocycles. The van der Waals surface area contributed by atoms with Crippen molar-refractivity contribution < 1.29 is 28.5 Å².